The number of nitrogens with one attached hydrogen (secondary N) is 1. The summed E-state index contributed by atoms with van der Waals surface area (Å²) in [6, 6.07) is 4.06. The van der Waals surface area contributed by atoms with E-state index in [1.54, 1.807) is 0 Å². The average molecular weight is 519 g/mol. The summed E-state index contributed by atoms with van der Waals surface area (Å²) in [6.07, 6.45) is 5.53. The molecule has 0 aliphatic carbocycles. The molecule has 0 radical (unpaired) electrons. The first kappa shape index (κ1) is 24.0. The molecule has 0 aromatic heterocycles. The van der Waals surface area contributed by atoms with Crippen LogP contribution in [0.5, 0.6) is 0 Å². The van der Waals surface area contributed by atoms with Gasteiger partial charge in [-0.25, -0.2) is 8.78 Å². The number of likely N-dealkylation sites (tertiary alicyclic amines) is 1. The molecule has 2 aliphatic rings. The summed E-state index contributed by atoms with van der Waals surface area (Å²) in [6.45, 7) is 6.98. The van der Waals surface area contributed by atoms with Gasteiger partial charge in [0.15, 0.2) is 5.96 Å². The van der Waals surface area contributed by atoms with E-state index in [-0.39, 0.29) is 29.5 Å². The minimum absolute atomic E-state index is 0. The highest BCUT2D eigenvalue weighted by molar-refractivity contribution is 14.0. The van der Waals surface area contributed by atoms with Crippen LogP contribution in [-0.4, -0.2) is 80.1 Å². The number of rotatable bonds is 6. The Bertz CT molecular complexity index is 697. The predicted octanol–water partition coefficient (Wildman–Crippen LogP) is 3.10. The fourth-order valence-electron chi connectivity index (χ4n) is 3.97. The van der Waals surface area contributed by atoms with Crippen LogP contribution < -0.4 is 5.32 Å². The summed E-state index contributed by atoms with van der Waals surface area (Å²) in [5.74, 6) is -0.232. The van der Waals surface area contributed by atoms with E-state index >= 15 is 0 Å². The molecule has 8 heteroatoms. The molecule has 1 saturated heterocycles. The Hall–Kier alpha value is -1.26. The smallest absolute Gasteiger partial charge is 0.194 e. The van der Waals surface area contributed by atoms with Crippen LogP contribution in [0.2, 0.25) is 0 Å². The third-order valence-corrected chi connectivity index (χ3v) is 5.53. The Morgan fingerprint density at radius 1 is 1.24 bits per heavy atom. The first-order chi connectivity index (χ1) is 13.5. The summed E-state index contributed by atoms with van der Waals surface area (Å²) < 4.78 is 28.6. The molecule has 5 nitrogen and oxygen atoms in total. The Morgan fingerprint density at radius 2 is 1.90 bits per heavy atom. The van der Waals surface area contributed by atoms with Crippen LogP contribution in [0.3, 0.4) is 0 Å². The van der Waals surface area contributed by atoms with Crippen molar-refractivity contribution in [1.82, 2.24) is 20.0 Å². The molecule has 162 valence electrons. The van der Waals surface area contributed by atoms with E-state index in [0.29, 0.717) is 12.6 Å². The van der Waals surface area contributed by atoms with Crippen molar-refractivity contribution in [2.75, 3.05) is 53.4 Å². The third kappa shape index (κ3) is 5.88. The van der Waals surface area contributed by atoms with E-state index in [1.165, 1.54) is 18.2 Å². The topological polar surface area (TPSA) is 34.1 Å². The van der Waals surface area contributed by atoms with Gasteiger partial charge in [-0.1, -0.05) is 18.2 Å². The summed E-state index contributed by atoms with van der Waals surface area (Å²) in [5.41, 5.74) is 0.0783. The molecule has 1 aromatic carbocycles. The van der Waals surface area contributed by atoms with E-state index in [0.717, 1.165) is 45.1 Å². The molecular formula is C21H32F2IN5. The van der Waals surface area contributed by atoms with Crippen LogP contribution in [-0.2, 0) is 0 Å². The summed E-state index contributed by atoms with van der Waals surface area (Å²) in [7, 11) is 3.65. The first-order valence-corrected chi connectivity index (χ1v) is 10.0. The molecule has 1 fully saturated rings. The average Bonchev–Trinajstić information content (AvgIpc) is 3.34. The van der Waals surface area contributed by atoms with Crippen molar-refractivity contribution >= 4 is 29.9 Å². The molecule has 29 heavy (non-hydrogen) atoms. The predicted molar refractivity (Wildman–Crippen MR) is 125 cm³/mol. The molecule has 0 spiro atoms. The zero-order chi connectivity index (χ0) is 20.1. The lowest BCUT2D eigenvalue weighted by Crippen LogP contribution is -2.43. The number of likely N-dealkylation sites (N-methyl/N-ethyl adjacent to an activating group) is 1. The maximum atomic E-state index is 14.3. The van der Waals surface area contributed by atoms with Gasteiger partial charge in [-0.15, -0.1) is 24.0 Å². The van der Waals surface area contributed by atoms with Crippen molar-refractivity contribution in [1.29, 1.82) is 0 Å². The van der Waals surface area contributed by atoms with Gasteiger partial charge in [0.2, 0.25) is 0 Å². The minimum Gasteiger partial charge on any atom is -0.357 e. The maximum absolute atomic E-state index is 14.3. The van der Waals surface area contributed by atoms with Gasteiger partial charge < -0.3 is 15.1 Å². The van der Waals surface area contributed by atoms with E-state index in [2.05, 4.69) is 27.3 Å². The number of guanidine groups is 1. The van der Waals surface area contributed by atoms with Gasteiger partial charge >= 0.3 is 0 Å². The van der Waals surface area contributed by atoms with Crippen molar-refractivity contribution < 1.29 is 8.78 Å². The molecule has 0 amide bonds. The molecule has 3 rings (SSSR count). The van der Waals surface area contributed by atoms with Crippen molar-refractivity contribution in [3.8, 4) is 0 Å². The largest absolute Gasteiger partial charge is 0.357 e. The van der Waals surface area contributed by atoms with E-state index in [1.807, 2.05) is 25.9 Å². The van der Waals surface area contributed by atoms with E-state index < -0.39 is 17.7 Å². The van der Waals surface area contributed by atoms with Gasteiger partial charge in [0, 0.05) is 44.3 Å². The highest BCUT2D eigenvalue weighted by Gasteiger charge is 2.30. The second-order valence-electron chi connectivity index (χ2n) is 7.62. The number of hydrogen-bond acceptors (Lipinski definition) is 3. The van der Waals surface area contributed by atoms with Crippen LogP contribution >= 0.6 is 24.0 Å². The van der Waals surface area contributed by atoms with Gasteiger partial charge in [-0.2, -0.15) is 0 Å². The molecule has 1 aromatic rings. The van der Waals surface area contributed by atoms with Crippen molar-refractivity contribution in [2.45, 2.75) is 25.4 Å². The first-order valence-electron chi connectivity index (χ1n) is 10.0. The Labute approximate surface area is 189 Å². The van der Waals surface area contributed by atoms with Crippen molar-refractivity contribution in [2.24, 2.45) is 4.99 Å². The maximum Gasteiger partial charge on any atom is 0.194 e. The van der Waals surface area contributed by atoms with Gasteiger partial charge in [0.05, 0.1) is 12.6 Å². The molecule has 2 atom stereocenters. The number of halogens is 3. The van der Waals surface area contributed by atoms with Gasteiger partial charge in [-0.05, 0) is 39.6 Å². The van der Waals surface area contributed by atoms with E-state index in [4.69, 9.17) is 4.99 Å². The molecule has 2 unspecified atom stereocenters. The highest BCUT2D eigenvalue weighted by Crippen LogP contribution is 2.25. The quantitative estimate of drug-likeness (QED) is 0.271. The second-order valence-corrected chi connectivity index (χ2v) is 7.62. The Kier molecular flexibility index (Phi) is 9.29. The van der Waals surface area contributed by atoms with Crippen LogP contribution in [0.25, 0.3) is 0 Å². The second kappa shape index (κ2) is 11.2. The lowest BCUT2D eigenvalue weighted by molar-refractivity contribution is 0.259. The van der Waals surface area contributed by atoms with Crippen LogP contribution in [0.4, 0.5) is 8.78 Å². The molecule has 1 N–H and O–H groups in total. The summed E-state index contributed by atoms with van der Waals surface area (Å²) in [4.78, 5) is 11.3. The molecule has 0 bridgehead atoms. The number of aliphatic imine (C=N–C) groups is 1. The SMILES string of the molecule is CCNC(=NCC(c1c(F)cccc1F)N(C)C)N1CCC(N2CC=CC2)C1.I. The van der Waals surface area contributed by atoms with Gasteiger partial charge in [0.25, 0.3) is 0 Å². The molecular weight excluding hydrogens is 487 g/mol. The Morgan fingerprint density at radius 3 is 2.48 bits per heavy atom. The van der Waals surface area contributed by atoms with Crippen molar-refractivity contribution in [3.63, 3.8) is 0 Å². The summed E-state index contributed by atoms with van der Waals surface area (Å²) in [5, 5.41) is 3.35. The molecule has 2 heterocycles. The fourth-order valence-corrected chi connectivity index (χ4v) is 3.97. The van der Waals surface area contributed by atoms with Crippen LogP contribution in [0.1, 0.15) is 24.9 Å². The molecule has 0 saturated carbocycles. The molecule has 2 aliphatic heterocycles. The van der Waals surface area contributed by atoms with Crippen LogP contribution in [0, 0.1) is 11.6 Å². The zero-order valence-corrected chi connectivity index (χ0v) is 19.8. The number of hydrogen-bond donors (Lipinski definition) is 1. The zero-order valence-electron chi connectivity index (χ0n) is 17.4. The van der Waals surface area contributed by atoms with Gasteiger partial charge in [0.1, 0.15) is 11.6 Å². The number of nitrogens with zero attached hydrogens (tertiary/aromatic N) is 4. The monoisotopic (exact) mass is 519 g/mol. The lowest BCUT2D eigenvalue weighted by Gasteiger charge is -2.27. The highest BCUT2D eigenvalue weighted by atomic mass is 127. The summed E-state index contributed by atoms with van der Waals surface area (Å²) >= 11 is 0. The van der Waals surface area contributed by atoms with Crippen molar-refractivity contribution in [3.05, 3.63) is 47.5 Å². The standard InChI is InChI=1S/C21H31F2N5.HI/c1-4-24-21(28-13-10-16(15-28)27-11-5-6-12-27)25-14-19(26(2)3)20-17(22)8-7-9-18(20)23;/h5-9,16,19H,4,10-15H2,1-3H3,(H,24,25);1H. The van der Waals surface area contributed by atoms with E-state index in [9.17, 15) is 8.78 Å². The Balaban J connectivity index is 0.00000300. The minimum atomic E-state index is -0.526. The lowest BCUT2D eigenvalue weighted by atomic mass is 10.0. The third-order valence-electron chi connectivity index (χ3n) is 5.53. The fraction of sp³-hybridized carbons (Fsp3) is 0.571. The van der Waals surface area contributed by atoms with Crippen LogP contribution in [0.15, 0.2) is 35.3 Å². The number of benzene rings is 1. The van der Waals surface area contributed by atoms with Gasteiger partial charge in [-0.3, -0.25) is 9.89 Å². The normalized spacial score (nSPS) is 21.0.